The van der Waals surface area contributed by atoms with Crippen molar-refractivity contribution in [3.8, 4) is 5.75 Å². The Morgan fingerprint density at radius 3 is 2.36 bits per heavy atom. The van der Waals surface area contributed by atoms with Gasteiger partial charge in [0.25, 0.3) is 0 Å². The maximum atomic E-state index is 9.13. The predicted octanol–water partition coefficient (Wildman–Crippen LogP) is 2.34. The first-order valence-corrected chi connectivity index (χ1v) is 4.51. The number of methoxy groups -OCH3 is 1. The summed E-state index contributed by atoms with van der Waals surface area (Å²) in [4.78, 5) is 0. The average Bonchev–Trinajstić information content (AvgIpc) is 2.27. The first kappa shape index (κ1) is 9.03. The van der Waals surface area contributed by atoms with Gasteiger partial charge in [-0.2, -0.15) is 0 Å². The molecule has 0 unspecified atom stereocenters. The fraction of sp³-hybridized carbons (Fsp3) is 0.167. The zero-order valence-electron chi connectivity index (χ0n) is 8.03. The SMILES string of the molecule is COc1cc2ccccc2cc1CO. The minimum Gasteiger partial charge on any atom is -0.496 e. The number of benzene rings is 2. The summed E-state index contributed by atoms with van der Waals surface area (Å²) in [5.41, 5.74) is 0.825. The molecule has 72 valence electrons. The molecular formula is C12H12O2. The summed E-state index contributed by atoms with van der Waals surface area (Å²) in [5.74, 6) is 0.742. The standard InChI is InChI=1S/C12H12O2/c1-14-12-7-10-5-3-2-4-9(10)6-11(12)8-13/h2-7,13H,8H2,1H3. The van der Waals surface area contributed by atoms with E-state index in [0.717, 1.165) is 22.1 Å². The zero-order chi connectivity index (χ0) is 9.97. The topological polar surface area (TPSA) is 29.5 Å². The van der Waals surface area contributed by atoms with Crippen LogP contribution in [0, 0.1) is 0 Å². The molecule has 0 atom stereocenters. The molecule has 0 radical (unpaired) electrons. The summed E-state index contributed by atoms with van der Waals surface area (Å²) in [5, 5.41) is 11.4. The lowest BCUT2D eigenvalue weighted by Crippen LogP contribution is -1.91. The summed E-state index contributed by atoms with van der Waals surface area (Å²) in [6.45, 7) is 0.00794. The van der Waals surface area contributed by atoms with E-state index in [1.54, 1.807) is 7.11 Å². The number of ether oxygens (including phenoxy) is 1. The second-order valence-corrected chi connectivity index (χ2v) is 3.17. The van der Waals surface area contributed by atoms with Crippen LogP contribution in [0.25, 0.3) is 10.8 Å². The van der Waals surface area contributed by atoms with Crippen LogP contribution in [-0.2, 0) is 6.61 Å². The van der Waals surface area contributed by atoms with Crippen molar-refractivity contribution in [1.29, 1.82) is 0 Å². The maximum Gasteiger partial charge on any atom is 0.125 e. The van der Waals surface area contributed by atoms with Crippen LogP contribution >= 0.6 is 0 Å². The second kappa shape index (κ2) is 3.68. The van der Waals surface area contributed by atoms with Gasteiger partial charge >= 0.3 is 0 Å². The van der Waals surface area contributed by atoms with Gasteiger partial charge in [0.2, 0.25) is 0 Å². The molecule has 2 aromatic rings. The highest BCUT2D eigenvalue weighted by Gasteiger charge is 2.03. The smallest absolute Gasteiger partial charge is 0.125 e. The minimum absolute atomic E-state index is 0.00794. The van der Waals surface area contributed by atoms with Crippen molar-refractivity contribution in [1.82, 2.24) is 0 Å². The van der Waals surface area contributed by atoms with Gasteiger partial charge in [0.15, 0.2) is 0 Å². The van der Waals surface area contributed by atoms with Crippen molar-refractivity contribution in [2.45, 2.75) is 6.61 Å². The molecule has 0 heterocycles. The molecule has 0 saturated carbocycles. The van der Waals surface area contributed by atoms with Gasteiger partial charge in [-0.05, 0) is 22.9 Å². The first-order valence-electron chi connectivity index (χ1n) is 4.51. The molecule has 2 nitrogen and oxygen atoms in total. The van der Waals surface area contributed by atoms with Gasteiger partial charge in [0.05, 0.1) is 13.7 Å². The van der Waals surface area contributed by atoms with Crippen molar-refractivity contribution in [2.75, 3.05) is 7.11 Å². The lowest BCUT2D eigenvalue weighted by molar-refractivity contribution is 0.274. The molecule has 0 aliphatic carbocycles. The number of hydrogen-bond donors (Lipinski definition) is 1. The first-order chi connectivity index (χ1) is 6.85. The Balaban J connectivity index is 2.69. The van der Waals surface area contributed by atoms with E-state index in [0.29, 0.717) is 0 Å². The predicted molar refractivity (Wildman–Crippen MR) is 56.4 cm³/mol. The third kappa shape index (κ3) is 1.44. The molecule has 0 spiro atoms. The van der Waals surface area contributed by atoms with Gasteiger partial charge in [0.1, 0.15) is 5.75 Å². The highest BCUT2D eigenvalue weighted by molar-refractivity contribution is 5.84. The molecule has 14 heavy (non-hydrogen) atoms. The normalized spacial score (nSPS) is 10.4. The Morgan fingerprint density at radius 1 is 1.14 bits per heavy atom. The molecule has 0 bridgehead atoms. The summed E-state index contributed by atoms with van der Waals surface area (Å²) in [7, 11) is 1.61. The van der Waals surface area contributed by atoms with Crippen molar-refractivity contribution < 1.29 is 9.84 Å². The summed E-state index contributed by atoms with van der Waals surface area (Å²) in [6.07, 6.45) is 0. The fourth-order valence-electron chi connectivity index (χ4n) is 1.58. The van der Waals surface area contributed by atoms with Gasteiger partial charge in [-0.25, -0.2) is 0 Å². The number of aliphatic hydroxyl groups is 1. The Morgan fingerprint density at radius 2 is 1.79 bits per heavy atom. The van der Waals surface area contributed by atoms with E-state index in [-0.39, 0.29) is 6.61 Å². The molecule has 0 aliphatic rings. The van der Waals surface area contributed by atoms with Crippen LogP contribution in [0.1, 0.15) is 5.56 Å². The van der Waals surface area contributed by atoms with Gasteiger partial charge < -0.3 is 9.84 Å². The van der Waals surface area contributed by atoms with E-state index in [1.807, 2.05) is 36.4 Å². The van der Waals surface area contributed by atoms with Gasteiger partial charge in [-0.3, -0.25) is 0 Å². The van der Waals surface area contributed by atoms with E-state index in [9.17, 15) is 0 Å². The second-order valence-electron chi connectivity index (χ2n) is 3.17. The largest absolute Gasteiger partial charge is 0.496 e. The van der Waals surface area contributed by atoms with Crippen molar-refractivity contribution >= 4 is 10.8 Å². The monoisotopic (exact) mass is 188 g/mol. The van der Waals surface area contributed by atoms with Crippen molar-refractivity contribution in [2.24, 2.45) is 0 Å². The molecule has 1 N–H and O–H groups in total. The Kier molecular flexibility index (Phi) is 2.37. The molecule has 2 heteroatoms. The maximum absolute atomic E-state index is 9.13. The fourth-order valence-corrected chi connectivity index (χ4v) is 1.58. The quantitative estimate of drug-likeness (QED) is 0.783. The summed E-state index contributed by atoms with van der Waals surface area (Å²) >= 11 is 0. The number of rotatable bonds is 2. The van der Waals surface area contributed by atoms with Crippen LogP contribution < -0.4 is 4.74 Å². The Bertz CT molecular complexity index is 407. The molecule has 0 amide bonds. The highest BCUT2D eigenvalue weighted by atomic mass is 16.5. The van der Waals surface area contributed by atoms with E-state index >= 15 is 0 Å². The van der Waals surface area contributed by atoms with E-state index in [1.165, 1.54) is 0 Å². The van der Waals surface area contributed by atoms with Crippen LogP contribution in [-0.4, -0.2) is 12.2 Å². The average molecular weight is 188 g/mol. The highest BCUT2D eigenvalue weighted by Crippen LogP contribution is 2.25. The Hall–Kier alpha value is -1.54. The third-order valence-corrected chi connectivity index (χ3v) is 2.32. The molecule has 0 aromatic heterocycles. The van der Waals surface area contributed by atoms with Gasteiger partial charge in [0, 0.05) is 5.56 Å². The van der Waals surface area contributed by atoms with Crippen molar-refractivity contribution in [3.63, 3.8) is 0 Å². The summed E-state index contributed by atoms with van der Waals surface area (Å²) in [6, 6.07) is 11.9. The minimum atomic E-state index is 0.00794. The molecule has 2 aromatic carbocycles. The summed E-state index contributed by atoms with van der Waals surface area (Å²) < 4.78 is 5.18. The van der Waals surface area contributed by atoms with E-state index in [4.69, 9.17) is 9.84 Å². The van der Waals surface area contributed by atoms with Gasteiger partial charge in [-0.1, -0.05) is 24.3 Å². The van der Waals surface area contributed by atoms with E-state index < -0.39 is 0 Å². The lowest BCUT2D eigenvalue weighted by Gasteiger charge is -2.07. The lowest BCUT2D eigenvalue weighted by atomic mass is 10.1. The number of hydrogen-bond acceptors (Lipinski definition) is 2. The molecular weight excluding hydrogens is 176 g/mol. The van der Waals surface area contributed by atoms with Gasteiger partial charge in [-0.15, -0.1) is 0 Å². The zero-order valence-corrected chi connectivity index (χ0v) is 8.03. The molecule has 0 aliphatic heterocycles. The van der Waals surface area contributed by atoms with Crippen molar-refractivity contribution in [3.05, 3.63) is 42.0 Å². The van der Waals surface area contributed by atoms with Crippen LogP contribution in [0.2, 0.25) is 0 Å². The number of fused-ring (bicyclic) bond motifs is 1. The third-order valence-electron chi connectivity index (χ3n) is 2.32. The molecule has 0 saturated heterocycles. The van der Waals surface area contributed by atoms with E-state index in [2.05, 4.69) is 0 Å². The molecule has 2 rings (SSSR count). The van der Waals surface area contributed by atoms with Crippen LogP contribution in [0.5, 0.6) is 5.75 Å². The Labute approximate surface area is 82.8 Å². The van der Waals surface area contributed by atoms with Crippen LogP contribution in [0.15, 0.2) is 36.4 Å². The molecule has 0 fully saturated rings. The number of aliphatic hydroxyl groups excluding tert-OH is 1. The van der Waals surface area contributed by atoms with Crippen LogP contribution in [0.3, 0.4) is 0 Å². The van der Waals surface area contributed by atoms with Crippen LogP contribution in [0.4, 0.5) is 0 Å².